The number of ether oxygens (including phenoxy) is 1. The molecule has 0 saturated carbocycles. The van der Waals surface area contributed by atoms with Crippen molar-refractivity contribution >= 4 is 33.5 Å². The van der Waals surface area contributed by atoms with E-state index in [2.05, 4.69) is 4.99 Å². The number of carbonyl (C=O) groups is 2. The number of carbonyl (C=O) groups excluding carboxylic acids is 2. The van der Waals surface area contributed by atoms with Crippen molar-refractivity contribution in [2.24, 2.45) is 4.99 Å². The number of amides is 2. The van der Waals surface area contributed by atoms with Crippen LogP contribution in [0.3, 0.4) is 0 Å². The number of methoxy groups -OCH3 is 1. The van der Waals surface area contributed by atoms with Gasteiger partial charge in [0, 0.05) is 37.4 Å². The van der Waals surface area contributed by atoms with Crippen molar-refractivity contribution in [1.82, 2.24) is 9.88 Å². The summed E-state index contributed by atoms with van der Waals surface area (Å²) in [6, 6.07) is 13.4. The summed E-state index contributed by atoms with van der Waals surface area (Å²) < 4.78 is 69.7. The number of aromatic nitrogens is 1. The van der Waals surface area contributed by atoms with Crippen LogP contribution in [0.25, 0.3) is 21.7 Å². The minimum Gasteiger partial charge on any atom is -0.383 e. The maximum absolute atomic E-state index is 13.6. The van der Waals surface area contributed by atoms with Crippen LogP contribution in [0, 0.1) is 0 Å². The molecular weight excluding hydrogens is 517 g/mol. The fourth-order valence-electron chi connectivity index (χ4n) is 3.68. The van der Waals surface area contributed by atoms with Gasteiger partial charge in [0.15, 0.2) is 0 Å². The summed E-state index contributed by atoms with van der Waals surface area (Å²) >= 11 is 0. The number of hydrogen-bond donors (Lipinski definition) is 2. The molecule has 2 aromatic carbocycles. The smallest absolute Gasteiger partial charge is 0.383 e. The minimum absolute atomic E-state index is 0.0673. The van der Waals surface area contributed by atoms with Crippen LogP contribution in [0.2, 0.25) is 0 Å². The van der Waals surface area contributed by atoms with E-state index in [0.717, 1.165) is 0 Å². The number of hydrogen-bond acceptors (Lipinski definition) is 5. The molecule has 0 fully saturated rings. The lowest BCUT2D eigenvalue weighted by Crippen LogP contribution is -2.52. The van der Waals surface area contributed by atoms with Crippen LogP contribution >= 0.6 is 0 Å². The second-order valence-corrected chi connectivity index (χ2v) is 8.56. The molecule has 3 rings (SSSR count). The topological polar surface area (TPSA) is 110 Å². The third-order valence-electron chi connectivity index (χ3n) is 5.85. The summed E-state index contributed by atoms with van der Waals surface area (Å²) in [5.74, 6) is -8.17. The lowest BCUT2D eigenvalue weighted by molar-refractivity contribution is -0.283. The number of nitrogens with one attached hydrogen (secondary N) is 1. The number of nitrogens with zero attached hydrogens (tertiary/aromatic N) is 2. The quantitative estimate of drug-likeness (QED) is 0.337. The van der Waals surface area contributed by atoms with Crippen LogP contribution < -0.4 is 16.2 Å². The molecule has 0 aliphatic rings. The van der Waals surface area contributed by atoms with Gasteiger partial charge in [0.2, 0.25) is 5.60 Å². The summed E-state index contributed by atoms with van der Waals surface area (Å²) in [6.07, 6.45) is -7.64. The number of benzene rings is 2. The molecule has 0 aliphatic heterocycles. The highest BCUT2D eigenvalue weighted by molar-refractivity contribution is 6.09. The van der Waals surface area contributed by atoms with Gasteiger partial charge >= 0.3 is 12.1 Å². The van der Waals surface area contributed by atoms with E-state index < -0.39 is 53.4 Å². The van der Waals surface area contributed by atoms with Gasteiger partial charge < -0.3 is 19.7 Å². The fourth-order valence-corrected chi connectivity index (χ4v) is 3.68. The first-order valence-corrected chi connectivity index (χ1v) is 11.3. The molecule has 2 N–H and O–H groups in total. The minimum atomic E-state index is -5.83. The Labute approximate surface area is 212 Å². The van der Waals surface area contributed by atoms with Crippen molar-refractivity contribution in [2.75, 3.05) is 20.3 Å². The third-order valence-corrected chi connectivity index (χ3v) is 5.85. The number of rotatable bonds is 8. The van der Waals surface area contributed by atoms with Gasteiger partial charge in [0.1, 0.15) is 5.36 Å². The molecule has 1 aromatic heterocycles. The van der Waals surface area contributed by atoms with Gasteiger partial charge in [-0.25, -0.2) is 4.99 Å². The van der Waals surface area contributed by atoms with E-state index in [4.69, 9.17) is 4.74 Å². The molecule has 204 valence electrons. The van der Waals surface area contributed by atoms with Crippen LogP contribution in [-0.2, 0) is 20.9 Å². The first kappa shape index (κ1) is 28.9. The van der Waals surface area contributed by atoms with E-state index in [9.17, 15) is 41.4 Å². The highest BCUT2D eigenvalue weighted by atomic mass is 19.4. The zero-order chi connectivity index (χ0) is 28.3. The first-order chi connectivity index (χ1) is 17.7. The molecule has 2 amide bonds. The number of para-hydroxylation sites is 1. The Kier molecular flexibility index (Phi) is 8.32. The predicted molar refractivity (Wildman–Crippen MR) is 127 cm³/mol. The highest BCUT2D eigenvalue weighted by Crippen LogP contribution is 2.37. The molecule has 0 radical (unpaired) electrons. The summed E-state index contributed by atoms with van der Waals surface area (Å²) in [5.41, 5.74) is -3.23. The number of halogens is 5. The zero-order valence-electron chi connectivity index (χ0n) is 20.3. The monoisotopic (exact) mass is 541 g/mol. The molecule has 0 saturated heterocycles. The molecule has 13 heteroatoms. The highest BCUT2D eigenvalue weighted by Gasteiger charge is 2.56. The second-order valence-electron chi connectivity index (χ2n) is 8.56. The maximum atomic E-state index is 13.6. The maximum Gasteiger partial charge on any atom is 0.453 e. The van der Waals surface area contributed by atoms with Crippen molar-refractivity contribution in [2.45, 2.75) is 37.6 Å². The van der Waals surface area contributed by atoms with E-state index >= 15 is 0 Å². The van der Waals surface area contributed by atoms with E-state index in [-0.39, 0.29) is 18.5 Å². The van der Waals surface area contributed by atoms with Gasteiger partial charge in [0.25, 0.3) is 17.4 Å². The molecule has 0 spiro atoms. The van der Waals surface area contributed by atoms with E-state index in [1.165, 1.54) is 17.7 Å². The van der Waals surface area contributed by atoms with Gasteiger partial charge in [-0.05, 0) is 18.4 Å². The molecule has 8 nitrogen and oxygen atoms in total. The molecule has 1 unspecified atom stereocenters. The molecule has 38 heavy (non-hydrogen) atoms. The average Bonchev–Trinajstić information content (AvgIpc) is 2.95. The van der Waals surface area contributed by atoms with Gasteiger partial charge in [-0.3, -0.25) is 14.4 Å². The van der Waals surface area contributed by atoms with Crippen LogP contribution in [0.5, 0.6) is 0 Å². The van der Waals surface area contributed by atoms with Gasteiger partial charge in [-0.1, -0.05) is 42.5 Å². The van der Waals surface area contributed by atoms with Crippen LogP contribution in [-0.4, -0.2) is 59.4 Å². The van der Waals surface area contributed by atoms with E-state index in [1.807, 2.05) is 0 Å². The molecule has 1 atom stereocenters. The largest absolute Gasteiger partial charge is 0.453 e. The number of aliphatic hydroxyl groups is 1. The summed E-state index contributed by atoms with van der Waals surface area (Å²) in [6.45, 7) is -0.299. The molecule has 0 aliphatic carbocycles. The zero-order valence-corrected chi connectivity index (χ0v) is 20.3. The predicted octanol–water partition coefficient (Wildman–Crippen LogP) is 2.68. The standard InChI is InChI=1S/C25H24F5N3O5/c1-23(37,21(35)31-12-11-24(26,27)25(28,29)30)22(36)32-19-17-9-4-3-7-15(17)16-8-5-6-10-18(16)33(20(19)34)13-14-38-2/h3-10,37H,11-14H2,1-2H3,(H,31,35). The Morgan fingerprint density at radius 1 is 1.00 bits per heavy atom. The normalized spacial score (nSPS) is 14.5. The summed E-state index contributed by atoms with van der Waals surface area (Å²) in [4.78, 5) is 42.7. The average molecular weight is 541 g/mol. The van der Waals surface area contributed by atoms with E-state index in [0.29, 0.717) is 23.2 Å². The van der Waals surface area contributed by atoms with Crippen molar-refractivity contribution in [3.05, 3.63) is 64.2 Å². The number of alkyl halides is 5. The van der Waals surface area contributed by atoms with Gasteiger partial charge in [-0.2, -0.15) is 22.0 Å². The fraction of sp³-hybridized carbons (Fsp3) is 0.360. The Bertz CT molecular complexity index is 1500. The Morgan fingerprint density at radius 2 is 1.58 bits per heavy atom. The van der Waals surface area contributed by atoms with E-state index in [1.54, 1.807) is 47.8 Å². The molecule has 3 aromatic rings. The third kappa shape index (κ3) is 5.73. The van der Waals surface area contributed by atoms with Crippen molar-refractivity contribution in [3.8, 4) is 0 Å². The van der Waals surface area contributed by atoms with Crippen LogP contribution in [0.4, 0.5) is 22.0 Å². The second kappa shape index (κ2) is 11.0. The van der Waals surface area contributed by atoms with Gasteiger partial charge in [-0.15, -0.1) is 0 Å². The van der Waals surface area contributed by atoms with Crippen LogP contribution in [0.15, 0.2) is 58.3 Å². The molecule has 1 heterocycles. The summed E-state index contributed by atoms with van der Waals surface area (Å²) in [7, 11) is 1.43. The van der Waals surface area contributed by atoms with Crippen molar-refractivity contribution in [3.63, 3.8) is 0 Å². The number of fused-ring (bicyclic) bond motifs is 3. The Hall–Kier alpha value is -3.71. The molecular formula is C25H24F5N3O5. The lowest BCUT2D eigenvalue weighted by atomic mass is 10.0. The Balaban J connectivity index is 2.11. The van der Waals surface area contributed by atoms with Crippen LogP contribution in [0.1, 0.15) is 13.3 Å². The first-order valence-electron chi connectivity index (χ1n) is 11.3. The van der Waals surface area contributed by atoms with Crippen molar-refractivity contribution in [1.29, 1.82) is 0 Å². The Morgan fingerprint density at radius 3 is 2.18 bits per heavy atom. The van der Waals surface area contributed by atoms with Gasteiger partial charge in [0.05, 0.1) is 12.1 Å². The molecule has 0 bridgehead atoms. The summed E-state index contributed by atoms with van der Waals surface area (Å²) in [5, 5.41) is 13.2. The van der Waals surface area contributed by atoms with Crippen molar-refractivity contribution < 1.29 is 41.4 Å². The SMILES string of the molecule is COCCn1c(=O)c(=NC(=O)C(C)(O)C(=O)NCCC(F)(F)C(F)(F)F)c2ccccc2c2ccccc21. The lowest BCUT2D eigenvalue weighted by Gasteiger charge is -2.21.